The summed E-state index contributed by atoms with van der Waals surface area (Å²) >= 11 is 11.7. The maximum Gasteiger partial charge on any atom is 0.335 e. The molecule has 2 N–H and O–H groups in total. The molecule has 0 aromatic heterocycles. The molecule has 110 valence electrons. The monoisotopic (exact) mass is 327 g/mol. The van der Waals surface area contributed by atoms with Crippen LogP contribution in [-0.4, -0.2) is 11.1 Å². The Morgan fingerprint density at radius 1 is 1.19 bits per heavy atom. The maximum atomic E-state index is 13.5. The minimum absolute atomic E-state index is 0.0261. The first kappa shape index (κ1) is 15.6. The fourth-order valence-corrected chi connectivity index (χ4v) is 2.45. The van der Waals surface area contributed by atoms with Crippen molar-refractivity contribution in [3.05, 3.63) is 63.4 Å². The number of anilines is 1. The molecule has 0 heterocycles. The van der Waals surface area contributed by atoms with E-state index < -0.39 is 11.8 Å². The second kappa shape index (κ2) is 6.33. The number of nitrogens with one attached hydrogen (secondary N) is 1. The van der Waals surface area contributed by atoms with E-state index in [1.807, 2.05) is 6.92 Å². The predicted molar refractivity (Wildman–Crippen MR) is 81.9 cm³/mol. The number of benzene rings is 2. The van der Waals surface area contributed by atoms with Crippen LogP contribution in [-0.2, 0) is 0 Å². The molecule has 0 aliphatic heterocycles. The molecule has 0 spiro atoms. The summed E-state index contributed by atoms with van der Waals surface area (Å²) in [6.45, 7) is 1.82. The summed E-state index contributed by atoms with van der Waals surface area (Å²) in [5, 5.41) is 12.3. The molecule has 0 aliphatic carbocycles. The summed E-state index contributed by atoms with van der Waals surface area (Å²) in [6.07, 6.45) is 0. The van der Waals surface area contributed by atoms with Gasteiger partial charge in [0.15, 0.2) is 0 Å². The number of carboxylic acid groups (broad SMARTS) is 1. The van der Waals surface area contributed by atoms with Gasteiger partial charge >= 0.3 is 5.97 Å². The van der Waals surface area contributed by atoms with Crippen LogP contribution in [0.2, 0.25) is 10.0 Å². The topological polar surface area (TPSA) is 49.3 Å². The van der Waals surface area contributed by atoms with E-state index in [9.17, 15) is 9.18 Å². The van der Waals surface area contributed by atoms with Crippen LogP contribution in [0, 0.1) is 5.82 Å². The van der Waals surface area contributed by atoms with E-state index in [0.717, 1.165) is 0 Å². The highest BCUT2D eigenvalue weighted by molar-refractivity contribution is 6.35. The van der Waals surface area contributed by atoms with E-state index in [1.54, 1.807) is 12.1 Å². The van der Waals surface area contributed by atoms with Crippen LogP contribution in [0.3, 0.4) is 0 Å². The zero-order valence-electron chi connectivity index (χ0n) is 11.0. The van der Waals surface area contributed by atoms with Gasteiger partial charge in [-0.05, 0) is 48.9 Å². The number of hydrogen-bond acceptors (Lipinski definition) is 2. The summed E-state index contributed by atoms with van der Waals surface area (Å²) in [5.74, 6) is -1.52. The van der Waals surface area contributed by atoms with Crippen LogP contribution >= 0.6 is 23.2 Å². The second-order valence-corrected chi connectivity index (χ2v) is 5.35. The molecule has 0 radical (unpaired) electrons. The van der Waals surface area contributed by atoms with Gasteiger partial charge in [-0.15, -0.1) is 0 Å². The lowest BCUT2D eigenvalue weighted by Gasteiger charge is -2.17. The highest BCUT2D eigenvalue weighted by Gasteiger charge is 2.13. The maximum absolute atomic E-state index is 13.5. The fraction of sp³-hybridized carbons (Fsp3) is 0.133. The molecule has 0 bridgehead atoms. The predicted octanol–water partition coefficient (Wildman–Crippen LogP) is 5.00. The summed E-state index contributed by atoms with van der Waals surface area (Å²) in [4.78, 5) is 10.8. The highest BCUT2D eigenvalue weighted by atomic mass is 35.5. The first-order chi connectivity index (χ1) is 9.88. The van der Waals surface area contributed by atoms with Crippen molar-refractivity contribution >= 4 is 34.9 Å². The van der Waals surface area contributed by atoms with E-state index in [2.05, 4.69) is 5.32 Å². The summed E-state index contributed by atoms with van der Waals surface area (Å²) < 4.78 is 13.5. The lowest BCUT2D eigenvalue weighted by molar-refractivity contribution is 0.0697. The quantitative estimate of drug-likeness (QED) is 0.776. The minimum Gasteiger partial charge on any atom is -0.478 e. The molecular formula is C15H12Cl2FNO2. The molecule has 0 saturated heterocycles. The molecule has 6 heteroatoms. The summed E-state index contributed by atoms with van der Waals surface area (Å²) in [6, 6.07) is 8.64. The van der Waals surface area contributed by atoms with Gasteiger partial charge in [0, 0.05) is 10.7 Å². The first-order valence-electron chi connectivity index (χ1n) is 6.13. The molecule has 0 fully saturated rings. The van der Waals surface area contributed by atoms with Gasteiger partial charge in [-0.2, -0.15) is 0 Å². The van der Waals surface area contributed by atoms with E-state index in [0.29, 0.717) is 16.3 Å². The smallest absolute Gasteiger partial charge is 0.335 e. The number of hydrogen-bond donors (Lipinski definition) is 2. The van der Waals surface area contributed by atoms with Crippen LogP contribution in [0.1, 0.15) is 28.9 Å². The first-order valence-corrected chi connectivity index (χ1v) is 6.88. The Labute approximate surface area is 131 Å². The molecule has 1 unspecified atom stereocenters. The lowest BCUT2D eigenvalue weighted by Crippen LogP contribution is -2.08. The summed E-state index contributed by atoms with van der Waals surface area (Å²) in [7, 11) is 0. The third-order valence-electron chi connectivity index (χ3n) is 3.02. The average Bonchev–Trinajstić information content (AvgIpc) is 2.43. The highest BCUT2D eigenvalue weighted by Crippen LogP contribution is 2.30. The van der Waals surface area contributed by atoms with Crippen LogP contribution in [0.15, 0.2) is 36.4 Å². The zero-order chi connectivity index (χ0) is 15.6. The SMILES string of the molecule is CC(Nc1ccc(C(=O)O)cc1)c1cc(F)c(Cl)cc1Cl. The third-order valence-corrected chi connectivity index (χ3v) is 3.64. The Morgan fingerprint density at radius 2 is 1.81 bits per heavy atom. The van der Waals surface area contributed by atoms with Gasteiger partial charge in [-0.25, -0.2) is 9.18 Å². The molecule has 1 atom stereocenters. The van der Waals surface area contributed by atoms with Gasteiger partial charge in [-0.1, -0.05) is 23.2 Å². The van der Waals surface area contributed by atoms with Crippen LogP contribution in [0.25, 0.3) is 0 Å². The Hall–Kier alpha value is -1.78. The Kier molecular flexibility index (Phi) is 4.70. The number of halogens is 3. The van der Waals surface area contributed by atoms with E-state index in [4.69, 9.17) is 28.3 Å². The molecule has 0 aliphatic rings. The fourth-order valence-electron chi connectivity index (χ4n) is 1.91. The van der Waals surface area contributed by atoms with Crippen LogP contribution < -0.4 is 5.32 Å². The van der Waals surface area contributed by atoms with Gasteiger partial charge in [0.25, 0.3) is 0 Å². The van der Waals surface area contributed by atoms with Gasteiger partial charge < -0.3 is 10.4 Å². The molecular weight excluding hydrogens is 316 g/mol. The molecule has 0 saturated carbocycles. The average molecular weight is 328 g/mol. The zero-order valence-corrected chi connectivity index (χ0v) is 12.5. The van der Waals surface area contributed by atoms with Crippen LogP contribution in [0.5, 0.6) is 0 Å². The number of aromatic carboxylic acids is 1. The van der Waals surface area contributed by atoms with Crippen molar-refractivity contribution in [2.45, 2.75) is 13.0 Å². The van der Waals surface area contributed by atoms with E-state index in [1.165, 1.54) is 24.3 Å². The molecule has 2 aromatic carbocycles. The van der Waals surface area contributed by atoms with Crippen molar-refractivity contribution in [2.24, 2.45) is 0 Å². The van der Waals surface area contributed by atoms with Crippen molar-refractivity contribution in [2.75, 3.05) is 5.32 Å². The summed E-state index contributed by atoms with van der Waals surface area (Å²) in [5.41, 5.74) is 1.48. The largest absolute Gasteiger partial charge is 0.478 e. The minimum atomic E-state index is -0.989. The molecule has 3 nitrogen and oxygen atoms in total. The molecule has 2 aromatic rings. The number of carbonyl (C=O) groups is 1. The van der Waals surface area contributed by atoms with E-state index in [-0.39, 0.29) is 16.6 Å². The van der Waals surface area contributed by atoms with Crippen molar-refractivity contribution in [1.29, 1.82) is 0 Å². The van der Waals surface area contributed by atoms with Crippen molar-refractivity contribution in [3.8, 4) is 0 Å². The van der Waals surface area contributed by atoms with Gasteiger partial charge in [-0.3, -0.25) is 0 Å². The van der Waals surface area contributed by atoms with Crippen molar-refractivity contribution < 1.29 is 14.3 Å². The number of rotatable bonds is 4. The van der Waals surface area contributed by atoms with Gasteiger partial charge in [0.05, 0.1) is 16.6 Å². The van der Waals surface area contributed by atoms with Gasteiger partial charge in [0.2, 0.25) is 0 Å². The van der Waals surface area contributed by atoms with Crippen molar-refractivity contribution in [3.63, 3.8) is 0 Å². The van der Waals surface area contributed by atoms with Crippen molar-refractivity contribution in [1.82, 2.24) is 0 Å². The number of carboxylic acids is 1. The molecule has 2 rings (SSSR count). The van der Waals surface area contributed by atoms with Gasteiger partial charge in [0.1, 0.15) is 5.82 Å². The second-order valence-electron chi connectivity index (χ2n) is 4.54. The molecule has 21 heavy (non-hydrogen) atoms. The van der Waals surface area contributed by atoms with E-state index >= 15 is 0 Å². The normalized spacial score (nSPS) is 12.0. The Bertz CT molecular complexity index is 674. The van der Waals surface area contributed by atoms with Crippen LogP contribution in [0.4, 0.5) is 10.1 Å². The Morgan fingerprint density at radius 3 is 2.38 bits per heavy atom. The molecule has 0 amide bonds. The third kappa shape index (κ3) is 3.65. The standard InChI is InChI=1S/C15H12Cl2FNO2/c1-8(11-6-14(18)13(17)7-12(11)16)19-10-4-2-9(3-5-10)15(20)21/h2-8,19H,1H3,(H,20,21). The Balaban J connectivity index is 2.19. The lowest BCUT2D eigenvalue weighted by atomic mass is 10.1.